The predicted molar refractivity (Wildman–Crippen MR) is 183 cm³/mol. The summed E-state index contributed by atoms with van der Waals surface area (Å²) in [6.45, 7) is 16.1. The molecule has 1 amide bonds. The number of pyridine rings is 1. The highest BCUT2D eigenvalue weighted by molar-refractivity contribution is 5.97. The summed E-state index contributed by atoms with van der Waals surface area (Å²) in [5, 5.41) is 3.09. The Morgan fingerprint density at radius 3 is 2.11 bits per heavy atom. The number of nitrogens with one attached hydrogen (secondary N) is 1. The fourth-order valence-electron chi connectivity index (χ4n) is 6.27. The summed E-state index contributed by atoms with van der Waals surface area (Å²) >= 11 is 0. The van der Waals surface area contributed by atoms with Crippen molar-refractivity contribution in [1.82, 2.24) is 4.98 Å². The SMILES string of the molecule is CCCCCN(CCCCC)c1ccc(C2(c3ccc(N(CC)CC)cc3OCC)OC(=O)c3cccnc32)c(NC(C)=O)c1. The second kappa shape index (κ2) is 15.8. The summed E-state index contributed by atoms with van der Waals surface area (Å²) < 4.78 is 12.7. The summed E-state index contributed by atoms with van der Waals surface area (Å²) in [6.07, 6.45) is 8.47. The highest BCUT2D eigenvalue weighted by Gasteiger charge is 2.53. The second-order valence-electron chi connectivity index (χ2n) is 11.6. The van der Waals surface area contributed by atoms with Crippen molar-refractivity contribution in [3.8, 4) is 5.75 Å². The van der Waals surface area contributed by atoms with Gasteiger partial charge in [-0.05, 0) is 70.0 Å². The largest absolute Gasteiger partial charge is 0.493 e. The predicted octanol–water partition coefficient (Wildman–Crippen LogP) is 7.93. The van der Waals surface area contributed by atoms with Crippen LogP contribution in [0.4, 0.5) is 17.1 Å². The standard InChI is InChI=1S/C37H50N4O4/c1-7-12-14-23-41(24-15-13-8-2)28-18-20-31(33(25-28)39-27(6)42)37(35-30(36(43)45-37)17-16-22-38-35)32-21-19-29(40(9-3)10-4)26-34(32)44-11-5/h16-22,25-26H,7-15,23-24H2,1-6H3,(H,39,42). The normalized spacial score (nSPS) is 15.4. The molecule has 2 heterocycles. The number of anilines is 3. The molecule has 2 aromatic carbocycles. The van der Waals surface area contributed by atoms with Crippen molar-refractivity contribution < 1.29 is 19.1 Å². The van der Waals surface area contributed by atoms with E-state index in [0.29, 0.717) is 40.4 Å². The lowest BCUT2D eigenvalue weighted by Gasteiger charge is -2.34. The molecule has 0 radical (unpaired) electrons. The fourth-order valence-corrected chi connectivity index (χ4v) is 6.27. The van der Waals surface area contributed by atoms with Gasteiger partial charge in [0.2, 0.25) is 11.5 Å². The van der Waals surface area contributed by atoms with E-state index < -0.39 is 11.6 Å². The quantitative estimate of drug-likeness (QED) is 0.122. The molecule has 1 atom stereocenters. The molecule has 1 aliphatic heterocycles. The first-order valence-corrected chi connectivity index (χ1v) is 16.7. The summed E-state index contributed by atoms with van der Waals surface area (Å²) in [5.41, 5.74) is 3.35. The number of esters is 1. The first kappa shape index (κ1) is 33.8. The van der Waals surface area contributed by atoms with Crippen molar-refractivity contribution >= 4 is 28.9 Å². The van der Waals surface area contributed by atoms with Crippen molar-refractivity contribution in [1.29, 1.82) is 0 Å². The van der Waals surface area contributed by atoms with E-state index in [2.05, 4.69) is 48.9 Å². The van der Waals surface area contributed by atoms with Crippen LogP contribution in [0.15, 0.2) is 54.7 Å². The zero-order valence-corrected chi connectivity index (χ0v) is 27.9. The van der Waals surface area contributed by atoms with Gasteiger partial charge in [0.05, 0.1) is 17.9 Å². The molecule has 3 aromatic rings. The average Bonchev–Trinajstić information content (AvgIpc) is 3.33. The van der Waals surface area contributed by atoms with Gasteiger partial charge >= 0.3 is 5.97 Å². The smallest absolute Gasteiger partial charge is 0.341 e. The van der Waals surface area contributed by atoms with Crippen LogP contribution in [0.25, 0.3) is 0 Å². The lowest BCUT2D eigenvalue weighted by atomic mass is 9.81. The molecule has 0 aliphatic carbocycles. The number of unbranched alkanes of at least 4 members (excludes halogenated alkanes) is 4. The molecule has 8 heteroatoms. The van der Waals surface area contributed by atoms with E-state index in [1.165, 1.54) is 6.92 Å². The van der Waals surface area contributed by atoms with E-state index in [4.69, 9.17) is 14.5 Å². The summed E-state index contributed by atoms with van der Waals surface area (Å²) in [4.78, 5) is 35.7. The van der Waals surface area contributed by atoms with Gasteiger partial charge in [-0.1, -0.05) is 45.6 Å². The molecule has 0 bridgehead atoms. The Hall–Kier alpha value is -4.07. The van der Waals surface area contributed by atoms with Gasteiger partial charge in [-0.25, -0.2) is 4.79 Å². The van der Waals surface area contributed by atoms with E-state index in [9.17, 15) is 9.59 Å². The first-order valence-electron chi connectivity index (χ1n) is 16.7. The molecule has 0 spiro atoms. The van der Waals surface area contributed by atoms with Crippen LogP contribution < -0.4 is 19.9 Å². The van der Waals surface area contributed by atoms with Crippen LogP contribution in [0, 0.1) is 0 Å². The van der Waals surface area contributed by atoms with E-state index in [1.54, 1.807) is 18.3 Å². The number of carbonyl (C=O) groups excluding carboxylic acids is 2. The minimum absolute atomic E-state index is 0.209. The van der Waals surface area contributed by atoms with Crippen LogP contribution in [-0.2, 0) is 15.1 Å². The molecule has 1 aliphatic rings. The van der Waals surface area contributed by atoms with Crippen LogP contribution in [0.1, 0.15) is 107 Å². The molecule has 1 N–H and O–H groups in total. The third-order valence-electron chi connectivity index (χ3n) is 8.50. The van der Waals surface area contributed by atoms with Crippen LogP contribution in [-0.4, -0.2) is 49.6 Å². The molecular formula is C37H50N4O4. The minimum atomic E-state index is -1.44. The van der Waals surface area contributed by atoms with Gasteiger partial charge in [-0.3, -0.25) is 9.78 Å². The lowest BCUT2D eigenvalue weighted by Crippen LogP contribution is -2.33. The van der Waals surface area contributed by atoms with Gasteiger partial charge < -0.3 is 24.6 Å². The lowest BCUT2D eigenvalue weighted by molar-refractivity contribution is -0.114. The summed E-state index contributed by atoms with van der Waals surface area (Å²) in [6, 6.07) is 15.6. The van der Waals surface area contributed by atoms with Crippen LogP contribution in [0.3, 0.4) is 0 Å². The highest BCUT2D eigenvalue weighted by Crippen LogP contribution is 2.52. The molecule has 1 unspecified atom stereocenters. The van der Waals surface area contributed by atoms with E-state index in [0.717, 1.165) is 76.1 Å². The molecule has 8 nitrogen and oxygen atoms in total. The van der Waals surface area contributed by atoms with Crippen LogP contribution >= 0.6 is 0 Å². The Kier molecular flexibility index (Phi) is 11.9. The Labute approximate surface area is 269 Å². The number of hydrogen-bond donors (Lipinski definition) is 1. The van der Waals surface area contributed by atoms with Crippen LogP contribution in [0.2, 0.25) is 0 Å². The van der Waals surface area contributed by atoms with Gasteiger partial charge in [0, 0.05) is 67.9 Å². The third-order valence-corrected chi connectivity index (χ3v) is 8.50. The molecular weight excluding hydrogens is 564 g/mol. The molecule has 0 fully saturated rings. The Morgan fingerprint density at radius 2 is 1.51 bits per heavy atom. The van der Waals surface area contributed by atoms with Gasteiger partial charge in [-0.2, -0.15) is 0 Å². The van der Waals surface area contributed by atoms with Crippen molar-refractivity contribution in [2.75, 3.05) is 47.9 Å². The van der Waals surface area contributed by atoms with Gasteiger partial charge in [0.15, 0.2) is 0 Å². The Balaban J connectivity index is 1.97. The zero-order valence-electron chi connectivity index (χ0n) is 27.9. The van der Waals surface area contributed by atoms with Crippen LogP contribution in [0.5, 0.6) is 5.75 Å². The number of amides is 1. The summed E-state index contributed by atoms with van der Waals surface area (Å²) in [7, 11) is 0. The number of cyclic esters (lactones) is 1. The van der Waals surface area contributed by atoms with E-state index in [1.807, 2.05) is 37.3 Å². The number of nitrogens with zero attached hydrogens (tertiary/aromatic N) is 3. The Bertz CT molecular complexity index is 1440. The van der Waals surface area contributed by atoms with E-state index in [-0.39, 0.29) is 5.91 Å². The zero-order chi connectivity index (χ0) is 32.4. The van der Waals surface area contributed by atoms with E-state index >= 15 is 0 Å². The Morgan fingerprint density at radius 1 is 0.867 bits per heavy atom. The van der Waals surface area contributed by atoms with Crippen molar-refractivity contribution in [3.05, 3.63) is 77.1 Å². The highest BCUT2D eigenvalue weighted by atomic mass is 16.6. The number of carbonyl (C=O) groups is 2. The third kappa shape index (κ3) is 7.26. The maximum absolute atomic E-state index is 13.6. The molecule has 242 valence electrons. The van der Waals surface area contributed by atoms with Crippen molar-refractivity contribution in [2.45, 2.75) is 85.7 Å². The number of hydrogen-bond acceptors (Lipinski definition) is 7. The van der Waals surface area contributed by atoms with Gasteiger partial charge in [-0.15, -0.1) is 0 Å². The van der Waals surface area contributed by atoms with Crippen molar-refractivity contribution in [3.63, 3.8) is 0 Å². The monoisotopic (exact) mass is 614 g/mol. The van der Waals surface area contributed by atoms with Crippen molar-refractivity contribution in [2.24, 2.45) is 0 Å². The summed E-state index contributed by atoms with van der Waals surface area (Å²) in [5.74, 6) is -0.0710. The number of benzene rings is 2. The molecule has 0 saturated heterocycles. The molecule has 4 rings (SSSR count). The molecule has 1 aromatic heterocycles. The maximum Gasteiger partial charge on any atom is 0.341 e. The topological polar surface area (TPSA) is 84.0 Å². The first-order chi connectivity index (χ1) is 21.8. The number of rotatable bonds is 17. The number of ether oxygens (including phenoxy) is 2. The van der Waals surface area contributed by atoms with Gasteiger partial charge in [0.25, 0.3) is 0 Å². The minimum Gasteiger partial charge on any atom is -0.493 e. The molecule has 0 saturated carbocycles. The second-order valence-corrected chi connectivity index (χ2v) is 11.6. The maximum atomic E-state index is 13.6. The average molecular weight is 615 g/mol. The number of fused-ring (bicyclic) bond motifs is 1. The fraction of sp³-hybridized carbons (Fsp3) is 0.486. The molecule has 45 heavy (non-hydrogen) atoms. The van der Waals surface area contributed by atoms with Gasteiger partial charge in [0.1, 0.15) is 11.4 Å². The number of aromatic nitrogens is 1.